The zero-order valence-corrected chi connectivity index (χ0v) is 10.00. The maximum Gasteiger partial charge on any atom is 0.203 e. The molecule has 1 aliphatic carbocycles. The van der Waals surface area contributed by atoms with Gasteiger partial charge < -0.3 is 9.88 Å². The molecule has 1 fully saturated rings. The number of hydrogen-bond donors (Lipinski definition) is 1. The van der Waals surface area contributed by atoms with Gasteiger partial charge >= 0.3 is 0 Å². The Morgan fingerprint density at radius 1 is 1.56 bits per heavy atom. The molecule has 0 spiro atoms. The Kier molecular flexibility index (Phi) is 2.40. The predicted octanol–water partition coefficient (Wildman–Crippen LogP) is 2.27. The van der Waals surface area contributed by atoms with Crippen LogP contribution in [0.5, 0.6) is 0 Å². The first-order valence-corrected chi connectivity index (χ1v) is 6.38. The number of imidazole rings is 1. The molecular weight excluding hydrogens is 220 g/mol. The minimum absolute atomic E-state index is 0.636. The molecule has 84 valence electrons. The lowest BCUT2D eigenvalue weighted by Gasteiger charge is -2.06. The van der Waals surface area contributed by atoms with Crippen molar-refractivity contribution in [1.29, 1.82) is 0 Å². The number of thiazole rings is 1. The van der Waals surface area contributed by atoms with E-state index in [1.165, 1.54) is 12.8 Å². The van der Waals surface area contributed by atoms with E-state index < -0.39 is 0 Å². The van der Waals surface area contributed by atoms with Crippen LogP contribution in [0.1, 0.15) is 23.5 Å². The van der Waals surface area contributed by atoms with Crippen molar-refractivity contribution in [3.05, 3.63) is 28.5 Å². The molecule has 16 heavy (non-hydrogen) atoms. The maximum atomic E-state index is 4.50. The van der Waals surface area contributed by atoms with Gasteiger partial charge in [-0.15, -0.1) is 11.3 Å². The van der Waals surface area contributed by atoms with Crippen LogP contribution in [0, 0.1) is 6.92 Å². The van der Waals surface area contributed by atoms with E-state index in [1.54, 1.807) is 11.3 Å². The molecule has 3 rings (SSSR count). The summed E-state index contributed by atoms with van der Waals surface area (Å²) in [6, 6.07) is 0.636. The summed E-state index contributed by atoms with van der Waals surface area (Å²) in [6.07, 6.45) is 6.45. The second-order valence-corrected chi connectivity index (χ2v) is 5.16. The van der Waals surface area contributed by atoms with Gasteiger partial charge in [-0.05, 0) is 19.8 Å². The minimum atomic E-state index is 0.636. The van der Waals surface area contributed by atoms with Gasteiger partial charge in [-0.2, -0.15) is 0 Å². The number of nitrogens with one attached hydrogen (secondary N) is 1. The van der Waals surface area contributed by atoms with Crippen molar-refractivity contribution in [1.82, 2.24) is 14.5 Å². The molecule has 2 heterocycles. The van der Waals surface area contributed by atoms with Crippen molar-refractivity contribution >= 4 is 17.3 Å². The van der Waals surface area contributed by atoms with Crippen molar-refractivity contribution < 1.29 is 0 Å². The molecule has 2 aromatic rings. The Hall–Kier alpha value is -1.36. The van der Waals surface area contributed by atoms with E-state index in [-0.39, 0.29) is 0 Å². The molecule has 0 radical (unpaired) electrons. The van der Waals surface area contributed by atoms with Crippen LogP contribution in [0.3, 0.4) is 0 Å². The van der Waals surface area contributed by atoms with Crippen LogP contribution < -0.4 is 5.32 Å². The first-order chi connectivity index (χ1) is 7.81. The Morgan fingerprint density at radius 2 is 2.44 bits per heavy atom. The van der Waals surface area contributed by atoms with Crippen molar-refractivity contribution in [2.24, 2.45) is 0 Å². The third-order valence-corrected chi connectivity index (χ3v) is 3.36. The number of aromatic nitrogens is 3. The van der Waals surface area contributed by atoms with Gasteiger partial charge in [-0.3, -0.25) is 0 Å². The predicted molar refractivity (Wildman–Crippen MR) is 64.8 cm³/mol. The average molecular weight is 234 g/mol. The fourth-order valence-corrected chi connectivity index (χ4v) is 2.28. The zero-order valence-electron chi connectivity index (χ0n) is 9.18. The van der Waals surface area contributed by atoms with E-state index in [2.05, 4.69) is 26.0 Å². The molecule has 1 saturated carbocycles. The molecule has 5 heteroatoms. The lowest BCUT2D eigenvalue weighted by molar-refractivity contribution is 0.789. The molecular formula is C11H14N4S. The Bertz CT molecular complexity index is 470. The molecule has 0 saturated heterocycles. The fraction of sp³-hybridized carbons (Fsp3) is 0.455. The molecule has 1 N–H and O–H groups in total. The second-order valence-electron chi connectivity index (χ2n) is 4.18. The quantitative estimate of drug-likeness (QED) is 0.882. The highest BCUT2D eigenvalue weighted by Crippen LogP contribution is 2.24. The molecule has 0 atom stereocenters. The number of rotatable bonds is 4. The van der Waals surface area contributed by atoms with E-state index in [1.807, 2.05) is 18.5 Å². The van der Waals surface area contributed by atoms with Crippen LogP contribution in [0.15, 0.2) is 17.8 Å². The van der Waals surface area contributed by atoms with Crippen molar-refractivity contribution in [2.75, 3.05) is 5.32 Å². The highest BCUT2D eigenvalue weighted by molar-refractivity contribution is 7.09. The van der Waals surface area contributed by atoms with E-state index in [9.17, 15) is 0 Å². The monoisotopic (exact) mass is 234 g/mol. The molecule has 0 unspecified atom stereocenters. The lowest BCUT2D eigenvalue weighted by Crippen LogP contribution is -2.09. The highest BCUT2D eigenvalue weighted by Gasteiger charge is 2.23. The van der Waals surface area contributed by atoms with Gasteiger partial charge in [-0.25, -0.2) is 9.97 Å². The molecule has 4 nitrogen and oxygen atoms in total. The molecule has 0 aromatic carbocycles. The van der Waals surface area contributed by atoms with E-state index in [4.69, 9.17) is 0 Å². The number of anilines is 1. The van der Waals surface area contributed by atoms with E-state index in [0.29, 0.717) is 6.04 Å². The van der Waals surface area contributed by atoms with Gasteiger partial charge in [0.05, 0.1) is 12.2 Å². The summed E-state index contributed by atoms with van der Waals surface area (Å²) >= 11 is 1.68. The number of hydrogen-bond acceptors (Lipinski definition) is 4. The van der Waals surface area contributed by atoms with Gasteiger partial charge in [0.15, 0.2) is 0 Å². The van der Waals surface area contributed by atoms with Gasteiger partial charge in [0.2, 0.25) is 5.95 Å². The smallest absolute Gasteiger partial charge is 0.203 e. The summed E-state index contributed by atoms with van der Waals surface area (Å²) in [4.78, 5) is 8.80. The second kappa shape index (κ2) is 3.90. The topological polar surface area (TPSA) is 42.7 Å². The lowest BCUT2D eigenvalue weighted by atomic mass is 10.5. The summed E-state index contributed by atoms with van der Waals surface area (Å²) in [5, 5.41) is 6.58. The molecule has 1 aliphatic rings. The largest absolute Gasteiger partial charge is 0.353 e. The van der Waals surface area contributed by atoms with Crippen LogP contribution in [-0.2, 0) is 6.54 Å². The van der Waals surface area contributed by atoms with Gasteiger partial charge in [0.25, 0.3) is 0 Å². The normalized spacial score (nSPS) is 15.3. The van der Waals surface area contributed by atoms with Crippen LogP contribution in [-0.4, -0.2) is 20.6 Å². The first-order valence-electron chi connectivity index (χ1n) is 5.50. The highest BCUT2D eigenvalue weighted by atomic mass is 32.1. The zero-order chi connectivity index (χ0) is 11.0. The number of aryl methyl sites for hydroxylation is 1. The average Bonchev–Trinajstić information content (AvgIpc) is 2.79. The Morgan fingerprint density at radius 3 is 3.12 bits per heavy atom. The SMILES string of the molecule is Cc1cn(Cc2nccs2)c(NC2CC2)n1. The summed E-state index contributed by atoms with van der Waals surface area (Å²) in [7, 11) is 0. The van der Waals surface area contributed by atoms with Gasteiger partial charge in [-0.1, -0.05) is 0 Å². The molecule has 0 amide bonds. The summed E-state index contributed by atoms with van der Waals surface area (Å²) in [5.74, 6) is 0.982. The molecule has 2 aromatic heterocycles. The van der Waals surface area contributed by atoms with Crippen LogP contribution >= 0.6 is 11.3 Å². The van der Waals surface area contributed by atoms with E-state index in [0.717, 1.165) is 23.2 Å². The summed E-state index contributed by atoms with van der Waals surface area (Å²) < 4.78 is 2.15. The number of nitrogens with zero attached hydrogens (tertiary/aromatic N) is 3. The van der Waals surface area contributed by atoms with Gasteiger partial charge in [0.1, 0.15) is 5.01 Å². The summed E-state index contributed by atoms with van der Waals surface area (Å²) in [6.45, 7) is 2.84. The third-order valence-electron chi connectivity index (χ3n) is 2.60. The fourth-order valence-electron chi connectivity index (χ4n) is 1.67. The third kappa shape index (κ3) is 2.09. The molecule has 0 aliphatic heterocycles. The molecule has 0 bridgehead atoms. The van der Waals surface area contributed by atoms with Crippen LogP contribution in [0.2, 0.25) is 0 Å². The van der Waals surface area contributed by atoms with Crippen molar-refractivity contribution in [3.63, 3.8) is 0 Å². The standard InChI is InChI=1S/C11H14N4S/c1-8-6-15(7-10-12-4-5-16-10)11(13-8)14-9-2-3-9/h4-6,9H,2-3,7H2,1H3,(H,13,14). The Labute approximate surface area is 98.4 Å². The van der Waals surface area contributed by atoms with Crippen molar-refractivity contribution in [2.45, 2.75) is 32.4 Å². The van der Waals surface area contributed by atoms with E-state index >= 15 is 0 Å². The van der Waals surface area contributed by atoms with Crippen LogP contribution in [0.25, 0.3) is 0 Å². The summed E-state index contributed by atoms with van der Waals surface area (Å²) in [5.41, 5.74) is 1.06. The van der Waals surface area contributed by atoms with Crippen molar-refractivity contribution in [3.8, 4) is 0 Å². The van der Waals surface area contributed by atoms with Gasteiger partial charge in [0, 0.05) is 23.8 Å². The first kappa shape index (κ1) is 9.84. The minimum Gasteiger partial charge on any atom is -0.353 e. The Balaban J connectivity index is 1.81. The van der Waals surface area contributed by atoms with Crippen LogP contribution in [0.4, 0.5) is 5.95 Å². The maximum absolute atomic E-state index is 4.50.